The predicted octanol–water partition coefficient (Wildman–Crippen LogP) is 17.2. The third-order valence-electron chi connectivity index (χ3n) is 19.2. The third kappa shape index (κ3) is 6.60. The van der Waals surface area contributed by atoms with Crippen LogP contribution >= 0.6 is 0 Å². The van der Waals surface area contributed by atoms with Crippen molar-refractivity contribution in [2.45, 2.75) is 43.9 Å². The average molecular weight is 1050 g/mol. The van der Waals surface area contributed by atoms with Crippen molar-refractivity contribution in [3.8, 4) is 55.6 Å². The maximum Gasteiger partial charge on any atom is 0.180 e. The van der Waals surface area contributed by atoms with E-state index in [9.17, 15) is 0 Å². The molecule has 1 heterocycles. The fraction of sp³-hybridized carbons (Fsp3) is 0.0886. The van der Waals surface area contributed by atoms with Crippen molar-refractivity contribution < 1.29 is 0 Å². The molecule has 0 aromatic heterocycles. The van der Waals surface area contributed by atoms with Gasteiger partial charge in [-0.3, -0.25) is 0 Å². The first-order valence-electron chi connectivity index (χ1n) is 28.7. The normalized spacial score (nSPS) is 15.3. The molecule has 0 saturated heterocycles. The van der Waals surface area contributed by atoms with Crippen molar-refractivity contribution >= 4 is 45.9 Å². The Morgan fingerprint density at radius 3 is 1.32 bits per heavy atom. The number of hydrogen-bond donors (Lipinski definition) is 0. The third-order valence-corrected chi connectivity index (χ3v) is 24.1. The fourth-order valence-corrected chi connectivity index (χ4v) is 20.8. The van der Waals surface area contributed by atoms with E-state index in [0.717, 1.165) is 17.1 Å². The van der Waals surface area contributed by atoms with Gasteiger partial charge in [-0.05, 0) is 163 Å². The van der Waals surface area contributed by atoms with Crippen LogP contribution < -0.4 is 25.6 Å². The van der Waals surface area contributed by atoms with Crippen LogP contribution in [0.25, 0.3) is 55.6 Å². The lowest BCUT2D eigenvalue weighted by Crippen LogP contribution is -2.72. The van der Waals surface area contributed by atoms with Crippen LogP contribution in [0.5, 0.6) is 0 Å². The number of benzene rings is 12. The van der Waals surface area contributed by atoms with Gasteiger partial charge in [-0.2, -0.15) is 0 Å². The molecule has 12 aromatic carbocycles. The Bertz CT molecular complexity index is 4440. The Hall–Kier alpha value is -9.34. The van der Waals surface area contributed by atoms with Gasteiger partial charge in [0.25, 0.3) is 0 Å². The van der Waals surface area contributed by atoms with E-state index in [1.165, 1.54) is 121 Å². The molecule has 0 amide bonds. The summed E-state index contributed by atoms with van der Waals surface area (Å²) in [6, 6.07) is 109. The van der Waals surface area contributed by atoms with E-state index in [1.807, 2.05) is 0 Å². The van der Waals surface area contributed by atoms with Gasteiger partial charge in [0.05, 0.1) is 5.41 Å². The van der Waals surface area contributed by atoms with Crippen molar-refractivity contribution in [1.29, 1.82) is 0 Å². The minimum absolute atomic E-state index is 0.169. The van der Waals surface area contributed by atoms with Gasteiger partial charge in [0.2, 0.25) is 0 Å². The van der Waals surface area contributed by atoms with Gasteiger partial charge in [-0.15, -0.1) is 0 Å². The molecular weight excluding hydrogens is 991 g/mol. The largest absolute Gasteiger partial charge is 0.310 e. The first kappa shape index (κ1) is 47.6. The van der Waals surface area contributed by atoms with Crippen LogP contribution in [0.3, 0.4) is 0 Å². The molecule has 0 bridgehead atoms. The standard InChI is InChI=1S/C79H59NSi/c1-77(2)69-35-18-14-31-61(69)63-44-40-57(50-73(63)77)80(58-41-45-64-62-32-15-19-36-71(62)79(74(64)51-58,54-24-8-5-9-25-54)55-26-10-6-11-27-55)56-42-46-70-68(49-56)65-43-39-53(48-72(65)78(70,3)4)52-23-22-30-60(47-52)81(59-28-12-7-13-29-59)75-37-20-16-33-66(75)67-34-17-21-38-76(67)81/h5-51H,1-4H3. The van der Waals surface area contributed by atoms with Crippen LogP contribution in [-0.4, -0.2) is 8.07 Å². The molecule has 1 aliphatic heterocycles. The van der Waals surface area contributed by atoms with E-state index < -0.39 is 13.5 Å². The van der Waals surface area contributed by atoms with Crippen LogP contribution in [0.1, 0.15) is 72.2 Å². The summed E-state index contributed by atoms with van der Waals surface area (Å²) in [4.78, 5) is 2.54. The summed E-state index contributed by atoms with van der Waals surface area (Å²) in [6.07, 6.45) is 0. The average Bonchev–Trinajstić information content (AvgIpc) is 4.02. The number of rotatable bonds is 8. The van der Waals surface area contributed by atoms with Gasteiger partial charge in [-0.25, -0.2) is 0 Å². The second kappa shape index (κ2) is 17.6. The van der Waals surface area contributed by atoms with Crippen LogP contribution in [0.2, 0.25) is 0 Å². The molecule has 4 aliphatic rings. The van der Waals surface area contributed by atoms with Gasteiger partial charge in [0, 0.05) is 27.9 Å². The molecule has 0 N–H and O–H groups in total. The van der Waals surface area contributed by atoms with Gasteiger partial charge in [-0.1, -0.05) is 270 Å². The SMILES string of the molecule is CC1(C)c2ccc(N(c3ccc4c(c3)C(C)(C)c3ccccc3-4)c3ccc4c(c3)C(c3ccccc3)(c3ccccc3)c3ccccc3-4)cc2-c2ccc(-c3cccc([Si]4(c5ccccc5)c5ccccc5-c5ccccc54)c3)cc21. The van der Waals surface area contributed by atoms with E-state index >= 15 is 0 Å². The molecule has 0 fully saturated rings. The number of anilines is 3. The van der Waals surface area contributed by atoms with Gasteiger partial charge < -0.3 is 4.90 Å². The second-order valence-corrected chi connectivity index (χ2v) is 27.6. The zero-order valence-electron chi connectivity index (χ0n) is 46.1. The summed E-state index contributed by atoms with van der Waals surface area (Å²) < 4.78 is 0. The second-order valence-electron chi connectivity index (χ2n) is 23.9. The molecule has 0 radical (unpaired) electrons. The molecule has 3 aliphatic carbocycles. The molecule has 0 unspecified atom stereocenters. The summed E-state index contributed by atoms with van der Waals surface area (Å²) in [7, 11) is -2.66. The molecule has 384 valence electrons. The zero-order chi connectivity index (χ0) is 54.2. The van der Waals surface area contributed by atoms with E-state index in [2.05, 4.69) is 318 Å². The monoisotopic (exact) mass is 1050 g/mol. The molecule has 0 saturated carbocycles. The number of nitrogens with zero attached hydrogens (tertiary/aromatic N) is 1. The molecule has 0 spiro atoms. The molecule has 0 atom stereocenters. The number of fused-ring (bicyclic) bond motifs is 12. The Labute approximate surface area is 477 Å². The highest BCUT2D eigenvalue weighted by Gasteiger charge is 2.49. The predicted molar refractivity (Wildman–Crippen MR) is 342 cm³/mol. The van der Waals surface area contributed by atoms with Gasteiger partial charge >= 0.3 is 0 Å². The first-order valence-corrected chi connectivity index (χ1v) is 30.7. The van der Waals surface area contributed by atoms with E-state index in [1.54, 1.807) is 0 Å². The summed E-state index contributed by atoms with van der Waals surface area (Å²) in [5.41, 5.74) is 26.1. The minimum Gasteiger partial charge on any atom is -0.310 e. The van der Waals surface area contributed by atoms with E-state index in [0.29, 0.717) is 0 Å². The summed E-state index contributed by atoms with van der Waals surface area (Å²) in [5, 5.41) is 5.77. The maximum absolute atomic E-state index is 2.66. The van der Waals surface area contributed by atoms with Crippen LogP contribution in [0.4, 0.5) is 17.1 Å². The Kier molecular flexibility index (Phi) is 10.3. The topological polar surface area (TPSA) is 3.24 Å². The van der Waals surface area contributed by atoms with Crippen molar-refractivity contribution in [3.05, 3.63) is 330 Å². The summed E-state index contributed by atoms with van der Waals surface area (Å²) >= 11 is 0. The highest BCUT2D eigenvalue weighted by atomic mass is 28.3. The summed E-state index contributed by atoms with van der Waals surface area (Å²) in [5.74, 6) is 0. The molecule has 1 nitrogen and oxygen atoms in total. The van der Waals surface area contributed by atoms with Gasteiger partial charge in [0.15, 0.2) is 8.07 Å². The fourth-order valence-electron chi connectivity index (χ4n) is 15.6. The molecule has 16 rings (SSSR count). The Balaban J connectivity index is 0.863. The molecule has 2 heteroatoms. The van der Waals surface area contributed by atoms with Crippen molar-refractivity contribution in [2.75, 3.05) is 4.90 Å². The zero-order valence-corrected chi connectivity index (χ0v) is 47.1. The lowest BCUT2D eigenvalue weighted by molar-refractivity contribution is 0.660. The lowest BCUT2D eigenvalue weighted by atomic mass is 9.67. The number of hydrogen-bond acceptors (Lipinski definition) is 1. The van der Waals surface area contributed by atoms with Crippen molar-refractivity contribution in [3.63, 3.8) is 0 Å². The minimum atomic E-state index is -2.66. The smallest absolute Gasteiger partial charge is 0.180 e. The Morgan fingerprint density at radius 1 is 0.259 bits per heavy atom. The molecular formula is C79H59NSi. The lowest BCUT2D eigenvalue weighted by Gasteiger charge is -2.35. The maximum atomic E-state index is 2.54. The van der Waals surface area contributed by atoms with E-state index in [-0.39, 0.29) is 10.8 Å². The summed E-state index contributed by atoms with van der Waals surface area (Å²) in [6.45, 7) is 9.62. The van der Waals surface area contributed by atoms with Crippen molar-refractivity contribution in [1.82, 2.24) is 0 Å². The van der Waals surface area contributed by atoms with Crippen LogP contribution in [0.15, 0.2) is 285 Å². The van der Waals surface area contributed by atoms with Crippen LogP contribution in [-0.2, 0) is 16.2 Å². The highest BCUT2D eigenvalue weighted by Crippen LogP contribution is 2.59. The molecule has 12 aromatic rings. The molecule has 81 heavy (non-hydrogen) atoms. The van der Waals surface area contributed by atoms with Crippen LogP contribution in [0, 0.1) is 0 Å². The van der Waals surface area contributed by atoms with Crippen molar-refractivity contribution in [2.24, 2.45) is 0 Å². The first-order chi connectivity index (χ1) is 39.7. The Morgan fingerprint density at radius 2 is 0.679 bits per heavy atom. The van der Waals surface area contributed by atoms with E-state index in [4.69, 9.17) is 0 Å². The highest BCUT2D eigenvalue weighted by molar-refractivity contribution is 7.22. The van der Waals surface area contributed by atoms with Gasteiger partial charge in [0.1, 0.15) is 0 Å². The quantitative estimate of drug-likeness (QED) is 0.137.